The summed E-state index contributed by atoms with van der Waals surface area (Å²) < 4.78 is 2.37. The number of nitrogens with zero attached hydrogens (tertiary/aromatic N) is 1. The summed E-state index contributed by atoms with van der Waals surface area (Å²) in [5.41, 5.74) is 2.72. The molecule has 1 aromatic carbocycles. The number of nitrogens with one attached hydrogen (secondary N) is 2. The zero-order valence-corrected chi connectivity index (χ0v) is 16.4. The Balaban J connectivity index is 2.15. The zero-order chi connectivity index (χ0) is 17.5. The van der Waals surface area contributed by atoms with Crippen LogP contribution >= 0.6 is 22.6 Å². The fourth-order valence-corrected chi connectivity index (χ4v) is 3.17. The van der Waals surface area contributed by atoms with E-state index in [1.807, 2.05) is 18.2 Å². The molecule has 0 aliphatic carbocycles. The van der Waals surface area contributed by atoms with E-state index in [1.54, 1.807) is 0 Å². The molecule has 0 bridgehead atoms. The van der Waals surface area contributed by atoms with Gasteiger partial charge >= 0.3 is 5.69 Å². The number of anilines is 2. The first-order valence-corrected chi connectivity index (χ1v) is 9.84. The van der Waals surface area contributed by atoms with Gasteiger partial charge in [0.2, 0.25) is 0 Å². The van der Waals surface area contributed by atoms with Crippen LogP contribution in [0, 0.1) is 6.92 Å². The van der Waals surface area contributed by atoms with Gasteiger partial charge in [-0.05, 0) is 53.9 Å². The van der Waals surface area contributed by atoms with Crippen molar-refractivity contribution < 1.29 is 0 Å². The minimum Gasteiger partial charge on any atom is -0.342 e. The maximum atomic E-state index is 12.2. The van der Waals surface area contributed by atoms with Crippen LogP contribution in [-0.4, -0.2) is 14.0 Å². The molecule has 2 aromatic rings. The summed E-state index contributed by atoms with van der Waals surface area (Å²) in [6.45, 7) is 4.65. The maximum Gasteiger partial charge on any atom is 0.329 e. The molecule has 2 rings (SSSR count). The SMILES string of the molecule is CCc1cc(Nc2cc(=O)n(CCCCCI)c(=O)[nH]2)ccc1C. The highest BCUT2D eigenvalue weighted by atomic mass is 127. The van der Waals surface area contributed by atoms with Gasteiger partial charge in [0, 0.05) is 18.3 Å². The molecule has 5 nitrogen and oxygen atoms in total. The molecule has 0 saturated carbocycles. The quantitative estimate of drug-likeness (QED) is 0.373. The number of alkyl halides is 1. The molecule has 2 N–H and O–H groups in total. The lowest BCUT2D eigenvalue weighted by molar-refractivity contribution is 0.566. The summed E-state index contributed by atoms with van der Waals surface area (Å²) in [5, 5.41) is 3.12. The fourth-order valence-electron chi connectivity index (χ4n) is 2.63. The van der Waals surface area contributed by atoms with Crippen molar-refractivity contribution >= 4 is 34.1 Å². The number of aromatic amines is 1. The van der Waals surface area contributed by atoms with Crippen molar-refractivity contribution in [3.8, 4) is 0 Å². The lowest BCUT2D eigenvalue weighted by Crippen LogP contribution is -2.35. The smallest absolute Gasteiger partial charge is 0.329 e. The second-order valence-electron chi connectivity index (χ2n) is 5.85. The highest BCUT2D eigenvalue weighted by molar-refractivity contribution is 14.1. The molecule has 0 amide bonds. The predicted molar refractivity (Wildman–Crippen MR) is 108 cm³/mol. The molecule has 0 atom stereocenters. The van der Waals surface area contributed by atoms with Gasteiger partial charge in [0.05, 0.1) is 0 Å². The highest BCUT2D eigenvalue weighted by Gasteiger charge is 2.05. The third kappa shape index (κ3) is 4.96. The number of H-pyrrole nitrogens is 1. The van der Waals surface area contributed by atoms with Crippen LogP contribution in [0.5, 0.6) is 0 Å². The van der Waals surface area contributed by atoms with Crippen LogP contribution in [0.1, 0.15) is 37.3 Å². The molecule has 0 radical (unpaired) electrons. The molecule has 24 heavy (non-hydrogen) atoms. The van der Waals surface area contributed by atoms with Crippen LogP contribution in [0.15, 0.2) is 33.9 Å². The van der Waals surface area contributed by atoms with E-state index in [2.05, 4.69) is 46.7 Å². The minimum absolute atomic E-state index is 0.265. The van der Waals surface area contributed by atoms with Gasteiger partial charge in [-0.25, -0.2) is 4.79 Å². The molecule has 0 saturated heterocycles. The van der Waals surface area contributed by atoms with E-state index < -0.39 is 0 Å². The Kier molecular flexibility index (Phi) is 7.08. The van der Waals surface area contributed by atoms with Crippen molar-refractivity contribution in [2.24, 2.45) is 0 Å². The lowest BCUT2D eigenvalue weighted by Gasteiger charge is -2.11. The Morgan fingerprint density at radius 3 is 2.62 bits per heavy atom. The first-order chi connectivity index (χ1) is 11.5. The number of rotatable bonds is 8. The average Bonchev–Trinajstić information content (AvgIpc) is 2.55. The van der Waals surface area contributed by atoms with Crippen LogP contribution in [0.2, 0.25) is 0 Å². The Morgan fingerprint density at radius 2 is 1.96 bits per heavy atom. The Bertz CT molecular complexity index is 764. The van der Waals surface area contributed by atoms with Crippen molar-refractivity contribution in [3.63, 3.8) is 0 Å². The molecule has 0 aliphatic rings. The van der Waals surface area contributed by atoms with Gasteiger partial charge in [0.15, 0.2) is 0 Å². The molecule has 0 fully saturated rings. The van der Waals surface area contributed by atoms with Crippen molar-refractivity contribution in [3.05, 3.63) is 56.2 Å². The molecule has 130 valence electrons. The van der Waals surface area contributed by atoms with Crippen molar-refractivity contribution in [2.45, 2.75) is 46.1 Å². The largest absolute Gasteiger partial charge is 0.342 e. The van der Waals surface area contributed by atoms with Gasteiger partial charge < -0.3 is 5.32 Å². The van der Waals surface area contributed by atoms with E-state index in [-0.39, 0.29) is 11.2 Å². The molecule has 0 unspecified atom stereocenters. The third-order valence-corrected chi connectivity index (χ3v) is 4.81. The van der Waals surface area contributed by atoms with Gasteiger partial charge in [0.1, 0.15) is 5.82 Å². The maximum absolute atomic E-state index is 12.2. The zero-order valence-electron chi connectivity index (χ0n) is 14.2. The monoisotopic (exact) mass is 441 g/mol. The van der Waals surface area contributed by atoms with E-state index in [0.717, 1.165) is 35.8 Å². The van der Waals surface area contributed by atoms with E-state index in [9.17, 15) is 9.59 Å². The number of hydrogen-bond acceptors (Lipinski definition) is 3. The summed E-state index contributed by atoms with van der Waals surface area (Å²) in [5.74, 6) is 0.430. The summed E-state index contributed by atoms with van der Waals surface area (Å²) in [7, 11) is 0. The number of aromatic nitrogens is 2. The van der Waals surface area contributed by atoms with Gasteiger partial charge in [-0.2, -0.15) is 0 Å². The van der Waals surface area contributed by atoms with Crippen molar-refractivity contribution in [1.82, 2.24) is 9.55 Å². The van der Waals surface area contributed by atoms with Crippen LogP contribution in [0.4, 0.5) is 11.5 Å². The minimum atomic E-state index is -0.359. The first kappa shape index (κ1) is 18.8. The number of aryl methyl sites for hydroxylation is 2. The lowest BCUT2D eigenvalue weighted by atomic mass is 10.1. The van der Waals surface area contributed by atoms with Crippen molar-refractivity contribution in [2.75, 3.05) is 9.74 Å². The van der Waals surface area contributed by atoms with Crippen LogP contribution < -0.4 is 16.6 Å². The fraction of sp³-hybridized carbons (Fsp3) is 0.444. The van der Waals surface area contributed by atoms with Crippen molar-refractivity contribution in [1.29, 1.82) is 0 Å². The Morgan fingerprint density at radius 1 is 1.17 bits per heavy atom. The van der Waals surface area contributed by atoms with Gasteiger partial charge in [-0.1, -0.05) is 42.0 Å². The molecular formula is C18H24IN3O2. The molecule has 0 aliphatic heterocycles. The van der Waals surface area contributed by atoms with E-state index in [1.165, 1.54) is 21.8 Å². The molecule has 0 spiro atoms. The summed E-state index contributed by atoms with van der Waals surface area (Å²) in [6.07, 6.45) is 3.92. The number of unbranched alkanes of at least 4 members (excludes halogenated alkanes) is 2. The summed E-state index contributed by atoms with van der Waals surface area (Å²) in [6, 6.07) is 7.48. The van der Waals surface area contributed by atoms with E-state index in [0.29, 0.717) is 12.4 Å². The topological polar surface area (TPSA) is 66.9 Å². The first-order valence-electron chi connectivity index (χ1n) is 8.31. The summed E-state index contributed by atoms with van der Waals surface area (Å²) in [4.78, 5) is 27.1. The van der Waals surface area contributed by atoms with E-state index >= 15 is 0 Å². The van der Waals surface area contributed by atoms with Gasteiger partial charge in [0.25, 0.3) is 5.56 Å². The van der Waals surface area contributed by atoms with Gasteiger partial charge in [-0.3, -0.25) is 14.3 Å². The molecule has 6 heteroatoms. The van der Waals surface area contributed by atoms with Crippen LogP contribution in [0.25, 0.3) is 0 Å². The number of halogens is 1. The number of hydrogen-bond donors (Lipinski definition) is 2. The Labute approximate surface area is 155 Å². The van der Waals surface area contributed by atoms with E-state index in [4.69, 9.17) is 0 Å². The molecular weight excluding hydrogens is 417 g/mol. The van der Waals surface area contributed by atoms with Gasteiger partial charge in [-0.15, -0.1) is 0 Å². The molecule has 1 aromatic heterocycles. The predicted octanol–water partition coefficient (Wildman–Crippen LogP) is 3.76. The highest BCUT2D eigenvalue weighted by Crippen LogP contribution is 2.18. The Hall–Kier alpha value is -1.57. The number of benzene rings is 1. The average molecular weight is 441 g/mol. The molecule has 1 heterocycles. The third-order valence-electron chi connectivity index (χ3n) is 4.04. The second-order valence-corrected chi connectivity index (χ2v) is 6.93. The van der Waals surface area contributed by atoms with Crippen LogP contribution in [0.3, 0.4) is 0 Å². The standard InChI is InChI=1S/C18H24IN3O2/c1-3-14-11-15(8-7-13(14)2)20-16-12-17(23)22(18(24)21-16)10-6-4-5-9-19/h7-8,11-12,20H,3-6,9-10H2,1-2H3,(H,21,24). The normalized spacial score (nSPS) is 10.8. The van der Waals surface area contributed by atoms with Crippen LogP contribution in [-0.2, 0) is 13.0 Å². The second kappa shape index (κ2) is 9.05. The summed E-state index contributed by atoms with van der Waals surface area (Å²) >= 11 is 2.33.